The summed E-state index contributed by atoms with van der Waals surface area (Å²) in [6.07, 6.45) is 3.10. The molecule has 3 heteroatoms. The summed E-state index contributed by atoms with van der Waals surface area (Å²) in [7, 11) is 0. The van der Waals surface area contributed by atoms with Crippen molar-refractivity contribution in [2.24, 2.45) is 0 Å². The Hall–Kier alpha value is -2.57. The van der Waals surface area contributed by atoms with Crippen LogP contribution in [0.4, 0.5) is 0 Å². The molecule has 28 heavy (non-hydrogen) atoms. The second kappa shape index (κ2) is 10.7. The van der Waals surface area contributed by atoms with Crippen LogP contribution in [0.15, 0.2) is 54.6 Å². The molecule has 3 nitrogen and oxygen atoms in total. The van der Waals surface area contributed by atoms with E-state index in [-0.39, 0.29) is 5.91 Å². The summed E-state index contributed by atoms with van der Waals surface area (Å²) >= 11 is 0. The fourth-order valence-corrected chi connectivity index (χ4v) is 3.39. The minimum Gasteiger partial charge on any atom is -0.390 e. The van der Waals surface area contributed by atoms with E-state index >= 15 is 0 Å². The van der Waals surface area contributed by atoms with Crippen molar-refractivity contribution in [1.82, 2.24) is 4.90 Å². The molecule has 1 saturated heterocycles. The average Bonchev–Trinajstić information content (AvgIpc) is 2.75. The van der Waals surface area contributed by atoms with Crippen LogP contribution in [0.2, 0.25) is 0 Å². The minimum absolute atomic E-state index is 0.0334. The number of amides is 1. The topological polar surface area (TPSA) is 40.5 Å². The number of benzene rings is 2. The van der Waals surface area contributed by atoms with Crippen molar-refractivity contribution >= 4 is 5.91 Å². The number of nitrogens with zero attached hydrogens (tertiary/aromatic N) is 1. The Labute approximate surface area is 169 Å². The second-order valence-electron chi connectivity index (χ2n) is 6.96. The molecular weight excluding hydrogens is 346 g/mol. The van der Waals surface area contributed by atoms with Crippen LogP contribution in [0, 0.1) is 11.8 Å². The number of aliphatic hydroxyl groups is 1. The number of piperidine rings is 1. The van der Waals surface area contributed by atoms with Crippen molar-refractivity contribution in [3.8, 4) is 11.8 Å². The highest BCUT2D eigenvalue weighted by Gasteiger charge is 2.33. The molecule has 0 radical (unpaired) electrons. The lowest BCUT2D eigenvalue weighted by Crippen LogP contribution is -2.46. The van der Waals surface area contributed by atoms with Crippen molar-refractivity contribution in [3.05, 3.63) is 71.3 Å². The molecule has 148 valence electrons. The van der Waals surface area contributed by atoms with Gasteiger partial charge in [0.25, 0.3) is 5.91 Å². The third kappa shape index (κ3) is 5.97. The second-order valence-corrected chi connectivity index (χ2v) is 6.96. The van der Waals surface area contributed by atoms with E-state index in [1.165, 1.54) is 0 Å². The third-order valence-electron chi connectivity index (χ3n) is 4.95. The SMILES string of the molecule is CC.CCCC1(O)CCN(C(=O)c2ccc(C#Cc3ccccc3)cc2)CC1. The number of hydrogen-bond acceptors (Lipinski definition) is 2. The van der Waals surface area contributed by atoms with Crippen molar-refractivity contribution in [2.75, 3.05) is 13.1 Å². The van der Waals surface area contributed by atoms with Gasteiger partial charge in [0, 0.05) is 29.8 Å². The fourth-order valence-electron chi connectivity index (χ4n) is 3.39. The van der Waals surface area contributed by atoms with E-state index in [9.17, 15) is 9.90 Å². The van der Waals surface area contributed by atoms with Crippen molar-refractivity contribution in [3.63, 3.8) is 0 Å². The quantitative estimate of drug-likeness (QED) is 0.775. The Balaban J connectivity index is 0.00000136. The van der Waals surface area contributed by atoms with E-state index in [4.69, 9.17) is 0 Å². The van der Waals surface area contributed by atoms with E-state index in [1.807, 2.05) is 73.3 Å². The van der Waals surface area contributed by atoms with E-state index in [1.54, 1.807) is 0 Å². The number of hydrogen-bond donors (Lipinski definition) is 1. The molecule has 3 rings (SSSR count). The van der Waals surface area contributed by atoms with E-state index < -0.39 is 5.60 Å². The van der Waals surface area contributed by atoms with Crippen molar-refractivity contribution in [2.45, 2.75) is 52.1 Å². The van der Waals surface area contributed by atoms with Crippen LogP contribution in [0.5, 0.6) is 0 Å². The summed E-state index contributed by atoms with van der Waals surface area (Å²) in [6, 6.07) is 17.3. The van der Waals surface area contributed by atoms with Crippen LogP contribution in [0.25, 0.3) is 0 Å². The maximum atomic E-state index is 12.7. The van der Waals surface area contributed by atoms with Crippen LogP contribution in [-0.4, -0.2) is 34.6 Å². The molecule has 1 N–H and O–H groups in total. The lowest BCUT2D eigenvalue weighted by atomic mass is 9.87. The third-order valence-corrected chi connectivity index (χ3v) is 4.95. The van der Waals surface area contributed by atoms with Gasteiger partial charge in [-0.25, -0.2) is 0 Å². The summed E-state index contributed by atoms with van der Waals surface area (Å²) in [5, 5.41) is 10.5. The van der Waals surface area contributed by atoms with Crippen LogP contribution in [0.1, 0.15) is 67.9 Å². The minimum atomic E-state index is -0.595. The maximum absolute atomic E-state index is 12.7. The summed E-state index contributed by atoms with van der Waals surface area (Å²) in [5.74, 6) is 6.28. The molecule has 0 aromatic heterocycles. The molecule has 1 fully saturated rings. The Kier molecular flexibility index (Phi) is 8.29. The largest absolute Gasteiger partial charge is 0.390 e. The molecule has 2 aromatic carbocycles. The highest BCUT2D eigenvalue weighted by atomic mass is 16.3. The first kappa shape index (κ1) is 21.7. The van der Waals surface area contributed by atoms with Gasteiger partial charge in [0.1, 0.15) is 0 Å². The first-order valence-corrected chi connectivity index (χ1v) is 10.3. The Bertz CT molecular complexity index is 792. The van der Waals surface area contributed by atoms with Crippen molar-refractivity contribution < 1.29 is 9.90 Å². The highest BCUT2D eigenvalue weighted by molar-refractivity contribution is 5.94. The zero-order valence-corrected chi connectivity index (χ0v) is 17.2. The lowest BCUT2D eigenvalue weighted by Gasteiger charge is -2.38. The van der Waals surface area contributed by atoms with Crippen LogP contribution in [0.3, 0.4) is 0 Å². The predicted molar refractivity (Wildman–Crippen MR) is 115 cm³/mol. The fraction of sp³-hybridized carbons (Fsp3) is 0.400. The predicted octanol–water partition coefficient (Wildman–Crippen LogP) is 4.88. The number of carbonyl (C=O) groups is 1. The zero-order valence-electron chi connectivity index (χ0n) is 17.2. The Morgan fingerprint density at radius 3 is 2.04 bits per heavy atom. The van der Waals surface area contributed by atoms with Gasteiger partial charge >= 0.3 is 0 Å². The number of rotatable bonds is 3. The van der Waals surface area contributed by atoms with Gasteiger partial charge < -0.3 is 10.0 Å². The van der Waals surface area contributed by atoms with Crippen molar-refractivity contribution in [1.29, 1.82) is 0 Å². The summed E-state index contributed by atoms with van der Waals surface area (Å²) in [6.45, 7) is 7.31. The first-order valence-electron chi connectivity index (χ1n) is 10.3. The van der Waals surface area contributed by atoms with Gasteiger partial charge in [-0.2, -0.15) is 0 Å². The van der Waals surface area contributed by atoms with Gasteiger partial charge in [-0.3, -0.25) is 4.79 Å². The van der Waals surface area contributed by atoms with Crippen LogP contribution in [-0.2, 0) is 0 Å². The van der Waals surface area contributed by atoms with Gasteiger partial charge in [-0.1, -0.05) is 57.2 Å². The summed E-state index contributed by atoms with van der Waals surface area (Å²) < 4.78 is 0. The smallest absolute Gasteiger partial charge is 0.253 e. The van der Waals surface area contributed by atoms with Gasteiger partial charge in [0.2, 0.25) is 0 Å². The molecule has 0 bridgehead atoms. The van der Waals surface area contributed by atoms with E-state index in [0.717, 1.165) is 24.0 Å². The normalized spacial score (nSPS) is 14.9. The highest BCUT2D eigenvalue weighted by Crippen LogP contribution is 2.27. The van der Waals surface area contributed by atoms with Crippen LogP contribution >= 0.6 is 0 Å². The monoisotopic (exact) mass is 377 g/mol. The molecule has 1 heterocycles. The summed E-state index contributed by atoms with van der Waals surface area (Å²) in [4.78, 5) is 14.5. The molecule has 0 atom stereocenters. The molecule has 0 aliphatic carbocycles. The summed E-state index contributed by atoms with van der Waals surface area (Å²) in [5.41, 5.74) is 1.95. The average molecular weight is 378 g/mol. The van der Waals surface area contributed by atoms with Gasteiger partial charge in [-0.15, -0.1) is 0 Å². The Morgan fingerprint density at radius 1 is 0.964 bits per heavy atom. The Morgan fingerprint density at radius 2 is 1.50 bits per heavy atom. The molecule has 2 aromatic rings. The van der Waals surface area contributed by atoms with Gasteiger partial charge in [0.15, 0.2) is 0 Å². The molecule has 1 amide bonds. The standard InChI is InChI=1S/C23H25NO2.C2H6/c1-2-14-23(26)15-17-24(18-16-23)22(25)21-12-10-20(11-13-21)9-8-19-6-4-3-5-7-19;1-2/h3-7,10-13,26H,2,14-18H2,1H3;1-2H3. The molecule has 0 saturated carbocycles. The molecule has 0 spiro atoms. The van der Waals surface area contributed by atoms with Crippen LogP contribution < -0.4 is 0 Å². The molecular formula is C25H31NO2. The van der Waals surface area contributed by atoms with E-state index in [0.29, 0.717) is 31.5 Å². The van der Waals surface area contributed by atoms with Gasteiger partial charge in [-0.05, 0) is 55.7 Å². The van der Waals surface area contributed by atoms with Gasteiger partial charge in [0.05, 0.1) is 5.60 Å². The number of likely N-dealkylation sites (tertiary alicyclic amines) is 1. The number of carbonyl (C=O) groups excluding carboxylic acids is 1. The molecule has 1 aliphatic rings. The molecule has 1 aliphatic heterocycles. The first-order chi connectivity index (χ1) is 13.6. The van der Waals surface area contributed by atoms with E-state index in [2.05, 4.69) is 18.8 Å². The zero-order chi connectivity index (χ0) is 20.4. The lowest BCUT2D eigenvalue weighted by molar-refractivity contribution is -0.0233. The molecule has 0 unspecified atom stereocenters. The maximum Gasteiger partial charge on any atom is 0.253 e.